The van der Waals surface area contributed by atoms with Crippen LogP contribution in [0.1, 0.15) is 32.0 Å². The Morgan fingerprint density at radius 2 is 1.62 bits per heavy atom. The van der Waals surface area contributed by atoms with Crippen LogP contribution in [0.3, 0.4) is 0 Å². The monoisotopic (exact) mass is 218 g/mol. The molecule has 0 saturated heterocycles. The van der Waals surface area contributed by atoms with Gasteiger partial charge in [-0.15, -0.1) is 0 Å². The van der Waals surface area contributed by atoms with Crippen LogP contribution in [0, 0.1) is 6.92 Å². The molecule has 0 aliphatic heterocycles. The Morgan fingerprint density at radius 1 is 1.08 bits per heavy atom. The van der Waals surface area contributed by atoms with Crippen LogP contribution in [0.25, 0.3) is 0 Å². The standard InChI is InChI=1S/C9H12Cl2N2/c1-5-6(9(2,3)4)12-8(11)13-7(5)10/h1-4H3. The van der Waals surface area contributed by atoms with Crippen molar-refractivity contribution in [2.45, 2.75) is 33.1 Å². The van der Waals surface area contributed by atoms with Crippen molar-refractivity contribution in [2.24, 2.45) is 0 Å². The van der Waals surface area contributed by atoms with Crippen LogP contribution >= 0.6 is 23.2 Å². The van der Waals surface area contributed by atoms with E-state index in [2.05, 4.69) is 30.7 Å². The van der Waals surface area contributed by atoms with Crippen molar-refractivity contribution < 1.29 is 0 Å². The largest absolute Gasteiger partial charge is 0.224 e. The zero-order chi connectivity index (χ0) is 10.2. The summed E-state index contributed by atoms with van der Waals surface area (Å²) in [4.78, 5) is 8.04. The summed E-state index contributed by atoms with van der Waals surface area (Å²) in [6, 6.07) is 0. The lowest BCUT2D eigenvalue weighted by Gasteiger charge is -2.20. The highest BCUT2D eigenvalue weighted by molar-refractivity contribution is 6.32. The quantitative estimate of drug-likeness (QED) is 0.493. The van der Waals surface area contributed by atoms with E-state index in [0.29, 0.717) is 5.15 Å². The van der Waals surface area contributed by atoms with E-state index in [1.165, 1.54) is 0 Å². The number of halogens is 2. The highest BCUT2D eigenvalue weighted by atomic mass is 35.5. The zero-order valence-corrected chi connectivity index (χ0v) is 9.66. The van der Waals surface area contributed by atoms with Gasteiger partial charge in [-0.3, -0.25) is 0 Å². The predicted octanol–water partition coefficient (Wildman–Crippen LogP) is 3.39. The van der Waals surface area contributed by atoms with E-state index in [0.717, 1.165) is 11.3 Å². The fourth-order valence-electron chi connectivity index (χ4n) is 1.19. The lowest BCUT2D eigenvalue weighted by molar-refractivity contribution is 0.562. The Kier molecular flexibility index (Phi) is 2.83. The van der Waals surface area contributed by atoms with Crippen molar-refractivity contribution in [2.75, 3.05) is 0 Å². The van der Waals surface area contributed by atoms with Gasteiger partial charge in [0.2, 0.25) is 5.28 Å². The fourth-order valence-corrected chi connectivity index (χ4v) is 1.58. The number of hydrogen-bond donors (Lipinski definition) is 0. The molecule has 4 heteroatoms. The molecule has 13 heavy (non-hydrogen) atoms. The van der Waals surface area contributed by atoms with E-state index in [4.69, 9.17) is 23.2 Å². The predicted molar refractivity (Wildman–Crippen MR) is 55.5 cm³/mol. The maximum atomic E-state index is 5.89. The third kappa shape index (κ3) is 2.32. The summed E-state index contributed by atoms with van der Waals surface area (Å²) in [6.07, 6.45) is 0. The van der Waals surface area contributed by atoms with Crippen molar-refractivity contribution in [3.63, 3.8) is 0 Å². The maximum absolute atomic E-state index is 5.89. The first-order valence-electron chi connectivity index (χ1n) is 4.02. The van der Waals surface area contributed by atoms with Crippen LogP contribution in [0.2, 0.25) is 10.4 Å². The number of aromatic nitrogens is 2. The lowest BCUT2D eigenvalue weighted by Crippen LogP contribution is -2.16. The van der Waals surface area contributed by atoms with Gasteiger partial charge in [0.1, 0.15) is 5.15 Å². The second kappa shape index (κ2) is 3.43. The zero-order valence-electron chi connectivity index (χ0n) is 8.15. The van der Waals surface area contributed by atoms with Gasteiger partial charge in [0, 0.05) is 11.0 Å². The highest BCUT2D eigenvalue weighted by Crippen LogP contribution is 2.27. The van der Waals surface area contributed by atoms with E-state index in [9.17, 15) is 0 Å². The van der Waals surface area contributed by atoms with E-state index in [1.807, 2.05) is 6.92 Å². The average molecular weight is 219 g/mol. The topological polar surface area (TPSA) is 25.8 Å². The molecule has 0 amide bonds. The molecule has 1 heterocycles. The second-order valence-corrected chi connectivity index (χ2v) is 4.70. The van der Waals surface area contributed by atoms with Gasteiger partial charge in [-0.25, -0.2) is 9.97 Å². The molecule has 0 saturated carbocycles. The molecule has 0 aromatic carbocycles. The highest BCUT2D eigenvalue weighted by Gasteiger charge is 2.20. The van der Waals surface area contributed by atoms with Crippen molar-refractivity contribution >= 4 is 23.2 Å². The summed E-state index contributed by atoms with van der Waals surface area (Å²) < 4.78 is 0. The normalized spacial score (nSPS) is 11.8. The minimum absolute atomic E-state index is 0.0553. The maximum Gasteiger partial charge on any atom is 0.224 e. The van der Waals surface area contributed by atoms with Crippen molar-refractivity contribution in [1.82, 2.24) is 9.97 Å². The van der Waals surface area contributed by atoms with Crippen LogP contribution in [0.15, 0.2) is 0 Å². The third-order valence-corrected chi connectivity index (χ3v) is 2.31. The molecular formula is C9H12Cl2N2. The van der Waals surface area contributed by atoms with Crippen molar-refractivity contribution in [3.05, 3.63) is 21.7 Å². The minimum atomic E-state index is -0.0553. The molecule has 0 radical (unpaired) electrons. The van der Waals surface area contributed by atoms with Gasteiger partial charge in [-0.05, 0) is 18.5 Å². The molecule has 0 aliphatic rings. The van der Waals surface area contributed by atoms with Crippen LogP contribution in [0.5, 0.6) is 0 Å². The Bertz CT molecular complexity index is 329. The molecule has 0 spiro atoms. The average Bonchev–Trinajstić information content (AvgIpc) is 1.94. The molecule has 1 aromatic heterocycles. The Labute approximate surface area is 88.3 Å². The molecule has 0 N–H and O–H groups in total. The molecule has 1 rings (SSSR count). The van der Waals surface area contributed by atoms with Gasteiger partial charge in [0.25, 0.3) is 0 Å². The number of hydrogen-bond acceptors (Lipinski definition) is 2. The molecule has 0 aliphatic carbocycles. The first kappa shape index (κ1) is 10.7. The Hall–Kier alpha value is -0.340. The summed E-state index contributed by atoms with van der Waals surface area (Å²) in [6.45, 7) is 8.10. The molecule has 1 aromatic rings. The minimum Gasteiger partial charge on any atom is -0.222 e. The SMILES string of the molecule is Cc1c(Cl)nc(Cl)nc1C(C)(C)C. The summed E-state index contributed by atoms with van der Waals surface area (Å²) in [5.74, 6) is 0. The van der Waals surface area contributed by atoms with Crippen LogP contribution in [-0.2, 0) is 5.41 Å². The van der Waals surface area contributed by atoms with E-state index in [-0.39, 0.29) is 10.7 Å². The van der Waals surface area contributed by atoms with Gasteiger partial charge in [0.15, 0.2) is 0 Å². The van der Waals surface area contributed by atoms with Crippen LogP contribution in [0.4, 0.5) is 0 Å². The van der Waals surface area contributed by atoms with Crippen molar-refractivity contribution in [3.8, 4) is 0 Å². The van der Waals surface area contributed by atoms with Crippen LogP contribution in [-0.4, -0.2) is 9.97 Å². The molecule has 2 nitrogen and oxygen atoms in total. The van der Waals surface area contributed by atoms with Crippen molar-refractivity contribution in [1.29, 1.82) is 0 Å². The van der Waals surface area contributed by atoms with Gasteiger partial charge in [-0.2, -0.15) is 0 Å². The summed E-state index contributed by atoms with van der Waals surface area (Å²) in [7, 11) is 0. The fraction of sp³-hybridized carbons (Fsp3) is 0.556. The van der Waals surface area contributed by atoms with Gasteiger partial charge in [-0.1, -0.05) is 32.4 Å². The molecule has 0 atom stereocenters. The first-order chi connectivity index (χ1) is 5.82. The lowest BCUT2D eigenvalue weighted by atomic mass is 9.89. The summed E-state index contributed by atoms with van der Waals surface area (Å²) in [5, 5.41) is 0.644. The van der Waals surface area contributed by atoms with Crippen LogP contribution < -0.4 is 0 Å². The van der Waals surface area contributed by atoms with Gasteiger partial charge >= 0.3 is 0 Å². The molecule has 0 unspecified atom stereocenters. The Balaban J connectivity index is 3.37. The summed E-state index contributed by atoms with van der Waals surface area (Å²) >= 11 is 11.6. The molecular weight excluding hydrogens is 207 g/mol. The molecule has 0 bridgehead atoms. The molecule has 0 fully saturated rings. The second-order valence-electron chi connectivity index (χ2n) is 4.01. The van der Waals surface area contributed by atoms with E-state index in [1.54, 1.807) is 0 Å². The smallest absolute Gasteiger partial charge is 0.222 e. The van der Waals surface area contributed by atoms with E-state index >= 15 is 0 Å². The number of nitrogens with zero attached hydrogens (tertiary/aromatic N) is 2. The van der Waals surface area contributed by atoms with Gasteiger partial charge < -0.3 is 0 Å². The number of rotatable bonds is 0. The Morgan fingerprint density at radius 3 is 2.08 bits per heavy atom. The van der Waals surface area contributed by atoms with Gasteiger partial charge in [0.05, 0.1) is 5.69 Å². The molecule has 72 valence electrons. The third-order valence-electron chi connectivity index (χ3n) is 1.77. The summed E-state index contributed by atoms with van der Waals surface area (Å²) in [5.41, 5.74) is 1.75. The first-order valence-corrected chi connectivity index (χ1v) is 4.78. The van der Waals surface area contributed by atoms with E-state index < -0.39 is 0 Å².